The Kier molecular flexibility index (Phi) is 12.6. The fourth-order valence-electron chi connectivity index (χ4n) is 9.05. The number of pyridine rings is 2. The number of hydrogen-bond donors (Lipinski definition) is 3. The zero-order valence-corrected chi connectivity index (χ0v) is 33.7. The van der Waals surface area contributed by atoms with Gasteiger partial charge in [0.1, 0.15) is 17.2 Å². The number of aromatic nitrogens is 2. The Morgan fingerprint density at radius 2 is 1.20 bits per heavy atom. The molecule has 11 nitrogen and oxygen atoms in total. The maximum absolute atomic E-state index is 10.4. The Labute approximate surface area is 355 Å². The van der Waals surface area contributed by atoms with Crippen molar-refractivity contribution in [3.63, 3.8) is 0 Å². The van der Waals surface area contributed by atoms with E-state index in [9.17, 15) is 20.3 Å². The van der Waals surface area contributed by atoms with E-state index < -0.39 is 0 Å². The van der Waals surface area contributed by atoms with Crippen molar-refractivity contribution in [2.75, 3.05) is 26.2 Å². The number of likely N-dealkylation sites (tertiary alicyclic amines) is 1. The van der Waals surface area contributed by atoms with E-state index in [-0.39, 0.29) is 23.3 Å². The Bertz CT molecular complexity index is 2560. The van der Waals surface area contributed by atoms with Crippen molar-refractivity contribution in [3.05, 3.63) is 166 Å². The van der Waals surface area contributed by atoms with Gasteiger partial charge in [-0.1, -0.05) is 48.5 Å². The Morgan fingerprint density at radius 3 is 1.67 bits per heavy atom. The van der Waals surface area contributed by atoms with Crippen molar-refractivity contribution in [1.82, 2.24) is 20.2 Å². The molecule has 2 aromatic heterocycles. The van der Waals surface area contributed by atoms with Crippen LogP contribution in [-0.2, 0) is 6.54 Å². The fourth-order valence-corrected chi connectivity index (χ4v) is 9.05. The molecule has 0 radical (unpaired) electrons. The largest absolute Gasteiger partial charge is 0.504 e. The highest BCUT2D eigenvalue weighted by molar-refractivity contribution is 5.71. The quantitative estimate of drug-likeness (QED) is 0.142. The lowest BCUT2D eigenvalue weighted by atomic mass is 9.74. The molecule has 0 spiro atoms. The minimum absolute atomic E-state index is 0.151. The first kappa shape index (κ1) is 40.7. The number of piperidine rings is 2. The first-order valence-electron chi connectivity index (χ1n) is 20.7. The van der Waals surface area contributed by atoms with E-state index in [0.717, 1.165) is 92.6 Å². The van der Waals surface area contributed by atoms with E-state index in [2.05, 4.69) is 44.5 Å². The summed E-state index contributed by atoms with van der Waals surface area (Å²) in [6.07, 6.45) is 8.47. The van der Waals surface area contributed by atoms with Crippen LogP contribution < -0.4 is 14.8 Å². The Morgan fingerprint density at radius 1 is 0.656 bits per heavy atom. The Balaban J connectivity index is 0.000000146. The van der Waals surface area contributed by atoms with Gasteiger partial charge in [0.2, 0.25) is 0 Å². The van der Waals surface area contributed by atoms with Gasteiger partial charge in [-0.2, -0.15) is 10.5 Å². The molecular weight excluding hydrogens is 765 g/mol. The smallest absolute Gasteiger partial charge is 0.172 e. The summed E-state index contributed by atoms with van der Waals surface area (Å²) in [6.45, 7) is 4.93. The summed E-state index contributed by atoms with van der Waals surface area (Å²) in [4.78, 5) is 20.6. The van der Waals surface area contributed by atoms with Crippen LogP contribution >= 0.6 is 0 Å². The number of benzene rings is 4. The predicted molar refractivity (Wildman–Crippen MR) is 230 cm³/mol. The number of rotatable bonds is 5. The van der Waals surface area contributed by atoms with Crippen LogP contribution in [0.4, 0.5) is 0 Å². The molecule has 0 aliphatic carbocycles. The highest BCUT2D eigenvalue weighted by atomic mass is 16.5. The summed E-state index contributed by atoms with van der Waals surface area (Å²) in [7, 11) is 0. The van der Waals surface area contributed by atoms with Crippen molar-refractivity contribution in [2.24, 2.45) is 11.8 Å². The average Bonchev–Trinajstić information content (AvgIpc) is 3.32. The van der Waals surface area contributed by atoms with Gasteiger partial charge >= 0.3 is 0 Å². The molecule has 11 heteroatoms. The van der Waals surface area contributed by atoms with Crippen molar-refractivity contribution in [2.45, 2.75) is 44.1 Å². The van der Waals surface area contributed by atoms with Gasteiger partial charge in [0.15, 0.2) is 29.3 Å². The van der Waals surface area contributed by atoms with Gasteiger partial charge in [-0.05, 0) is 124 Å². The molecule has 6 aromatic rings. The van der Waals surface area contributed by atoms with Crippen molar-refractivity contribution < 1.29 is 24.5 Å². The van der Waals surface area contributed by atoms with Gasteiger partial charge < -0.3 is 25.0 Å². The van der Waals surface area contributed by atoms with Crippen molar-refractivity contribution >= 4 is 6.29 Å². The van der Waals surface area contributed by atoms with Crippen LogP contribution in [0, 0.1) is 34.5 Å². The predicted octanol–water partition coefficient (Wildman–Crippen LogP) is 9.20. The lowest BCUT2D eigenvalue weighted by Gasteiger charge is -2.39. The second-order valence-electron chi connectivity index (χ2n) is 15.7. The molecule has 2 fully saturated rings. The van der Waals surface area contributed by atoms with Crippen LogP contribution in [0.25, 0.3) is 0 Å². The first-order chi connectivity index (χ1) is 29.9. The molecule has 2 saturated heterocycles. The highest BCUT2D eigenvalue weighted by Crippen LogP contribution is 2.54. The number of aldehydes is 1. The summed E-state index contributed by atoms with van der Waals surface area (Å²) in [6, 6.07) is 38.1. The number of phenols is 2. The van der Waals surface area contributed by atoms with Crippen LogP contribution in [-0.4, -0.2) is 57.5 Å². The number of aromatic hydroxyl groups is 2. The Hall–Kier alpha value is -7.05. The van der Waals surface area contributed by atoms with E-state index in [1.807, 2.05) is 60.8 Å². The lowest BCUT2D eigenvalue weighted by molar-refractivity contribution is 0.111. The summed E-state index contributed by atoms with van der Waals surface area (Å²) in [5, 5.41) is 42.5. The number of nitriles is 2. The topological polar surface area (TPSA) is 165 Å². The van der Waals surface area contributed by atoms with E-state index in [1.54, 1.807) is 48.7 Å². The highest BCUT2D eigenvalue weighted by Gasteiger charge is 2.37. The maximum Gasteiger partial charge on any atom is 0.172 e. The number of hydrogen-bond acceptors (Lipinski definition) is 11. The standard InChI is InChI=1S/C25H23N3O2.C19H18N2O2.C6H5NO/c26-15-17-7-8-20-23(14-17)30-25-21(5-3-6-22(25)29)24(20)18-9-12-28(13-10-18)16-19-4-1-2-11-27-19;20-11-12-4-5-14-17(10-12)23-19-15(2-1-3-16(19)22)18(14)13-6-8-21-9-7-13;8-5-6-3-1-2-4-7-6/h1-8,11,14,18,24,29H,9-10,12-13,16H2;1-5,10,13,18,21-22H,6-9H2;1-5H. The van der Waals surface area contributed by atoms with Crippen LogP contribution in [0.1, 0.15) is 87.1 Å². The minimum atomic E-state index is 0.151. The van der Waals surface area contributed by atoms with Gasteiger partial charge in [-0.3, -0.25) is 19.7 Å². The molecule has 61 heavy (non-hydrogen) atoms. The van der Waals surface area contributed by atoms with Crippen LogP contribution in [0.2, 0.25) is 0 Å². The fraction of sp³-hybridized carbons (Fsp3) is 0.260. The molecule has 10 rings (SSSR count). The molecule has 4 aliphatic heterocycles. The van der Waals surface area contributed by atoms with E-state index >= 15 is 0 Å². The molecule has 4 aromatic carbocycles. The summed E-state index contributed by atoms with van der Waals surface area (Å²) in [5.74, 6) is 4.07. The molecule has 2 atom stereocenters. The number of nitrogens with zero attached hydrogens (tertiary/aromatic N) is 5. The van der Waals surface area contributed by atoms with Gasteiger partial charge in [0.25, 0.3) is 0 Å². The SMILES string of the molecule is N#Cc1ccc2c(c1)Oc1c(O)cccc1C2C1CCN(Cc2ccccn2)CC1.N#Cc1ccc2c(c1)Oc1c(O)cccc1C2C1CCNCC1.O=Cc1ccccn1. The van der Waals surface area contributed by atoms with Crippen molar-refractivity contribution in [1.29, 1.82) is 10.5 Å². The normalized spacial score (nSPS) is 17.9. The third-order valence-corrected chi connectivity index (χ3v) is 12.0. The number of phenolic OH excluding ortho intramolecular Hbond substituents is 2. The summed E-state index contributed by atoms with van der Waals surface area (Å²) < 4.78 is 12.0. The first-order valence-corrected chi connectivity index (χ1v) is 20.7. The number of carbonyl (C=O) groups is 1. The van der Waals surface area contributed by atoms with Gasteiger partial charge in [0, 0.05) is 53.0 Å². The molecule has 2 unspecified atom stereocenters. The zero-order chi connectivity index (χ0) is 42.1. The van der Waals surface area contributed by atoms with Gasteiger partial charge in [-0.15, -0.1) is 0 Å². The molecule has 6 heterocycles. The molecule has 4 aliphatic rings. The van der Waals surface area contributed by atoms with E-state index in [0.29, 0.717) is 51.7 Å². The molecular formula is C50H46N6O5. The number of fused-ring (bicyclic) bond motifs is 4. The van der Waals surface area contributed by atoms with Crippen LogP contribution in [0.3, 0.4) is 0 Å². The second kappa shape index (κ2) is 18.9. The lowest BCUT2D eigenvalue weighted by Crippen LogP contribution is -2.36. The molecule has 306 valence electrons. The monoisotopic (exact) mass is 810 g/mol. The maximum atomic E-state index is 10.4. The number of nitrogens with one attached hydrogen (secondary N) is 1. The summed E-state index contributed by atoms with van der Waals surface area (Å²) in [5.41, 5.74) is 7.04. The third-order valence-electron chi connectivity index (χ3n) is 12.0. The number of carbonyl (C=O) groups excluding carboxylic acids is 1. The molecule has 0 amide bonds. The number of ether oxygens (including phenoxy) is 2. The van der Waals surface area contributed by atoms with Crippen LogP contribution in [0.5, 0.6) is 34.5 Å². The van der Waals surface area contributed by atoms with Crippen LogP contribution in [0.15, 0.2) is 122 Å². The molecule has 0 bridgehead atoms. The minimum Gasteiger partial charge on any atom is -0.504 e. The third kappa shape index (κ3) is 9.09. The molecule has 0 saturated carbocycles. The van der Waals surface area contributed by atoms with Crippen molar-refractivity contribution in [3.8, 4) is 46.6 Å². The van der Waals surface area contributed by atoms with E-state index in [1.165, 1.54) is 0 Å². The summed E-state index contributed by atoms with van der Waals surface area (Å²) >= 11 is 0. The number of para-hydroxylation sites is 2. The molecule has 3 N–H and O–H groups in total. The zero-order valence-electron chi connectivity index (χ0n) is 33.7. The van der Waals surface area contributed by atoms with Gasteiger partial charge in [-0.25, -0.2) is 0 Å². The second-order valence-corrected chi connectivity index (χ2v) is 15.7. The van der Waals surface area contributed by atoms with Gasteiger partial charge in [0.05, 0.1) is 29.0 Å². The van der Waals surface area contributed by atoms with E-state index in [4.69, 9.17) is 14.7 Å². The average molecular weight is 811 g/mol.